The van der Waals surface area contributed by atoms with Crippen LogP contribution in [0.5, 0.6) is 5.75 Å². The van der Waals surface area contributed by atoms with Crippen LogP contribution in [0.4, 0.5) is 5.69 Å². The van der Waals surface area contributed by atoms with Gasteiger partial charge in [-0.15, -0.1) is 0 Å². The van der Waals surface area contributed by atoms with Crippen LogP contribution in [0, 0.1) is 12.8 Å². The topological polar surface area (TPSA) is 36.5 Å². The number of rotatable bonds is 4. The smallest absolute Gasteiger partial charge is 0.123 e. The first-order valence-electron chi connectivity index (χ1n) is 10.3. The summed E-state index contributed by atoms with van der Waals surface area (Å²) in [6, 6.07) is 26.6. The summed E-state index contributed by atoms with van der Waals surface area (Å²) in [5.74, 6) is 1.40. The van der Waals surface area contributed by atoms with Gasteiger partial charge in [0.15, 0.2) is 0 Å². The largest absolute Gasteiger partial charge is 0.496 e. The van der Waals surface area contributed by atoms with E-state index < -0.39 is 0 Å². The third-order valence-corrected chi connectivity index (χ3v) is 6.28. The molecule has 1 saturated heterocycles. The van der Waals surface area contributed by atoms with E-state index in [0.717, 1.165) is 18.8 Å². The maximum Gasteiger partial charge on any atom is 0.123 e. The zero-order chi connectivity index (χ0) is 19.8. The van der Waals surface area contributed by atoms with Gasteiger partial charge in [0.05, 0.1) is 19.2 Å². The van der Waals surface area contributed by atoms with Crippen LogP contribution in [-0.4, -0.2) is 13.7 Å². The maximum atomic E-state index is 5.61. The van der Waals surface area contributed by atoms with Crippen LogP contribution >= 0.6 is 0 Å². The van der Waals surface area contributed by atoms with E-state index in [1.54, 1.807) is 7.11 Å². The van der Waals surface area contributed by atoms with Crippen LogP contribution in [0.1, 0.15) is 34.3 Å². The Hall–Kier alpha value is -2.82. The van der Waals surface area contributed by atoms with Crippen molar-refractivity contribution in [2.24, 2.45) is 5.92 Å². The van der Waals surface area contributed by atoms with Crippen LogP contribution in [0.25, 0.3) is 0 Å². The zero-order valence-corrected chi connectivity index (χ0v) is 16.9. The first-order valence-corrected chi connectivity index (χ1v) is 10.3. The molecule has 3 aromatic rings. The molecule has 3 atom stereocenters. The Labute approximate surface area is 172 Å². The standard InChI is InChI=1S/C25H27N3O/c1-17-11-13-18(14-12-17)24-21-16-28(15-19-7-3-6-10-23(19)29-2)22-9-5-4-8-20(22)25(21)27-26-24/h3-14,21,24-27H,15-16H2,1-2H3. The normalized spacial score (nSPS) is 22.8. The molecule has 3 aromatic carbocycles. The predicted octanol–water partition coefficient (Wildman–Crippen LogP) is 4.53. The Morgan fingerprint density at radius 3 is 2.45 bits per heavy atom. The number of ether oxygens (including phenoxy) is 1. The molecule has 0 amide bonds. The quantitative estimate of drug-likeness (QED) is 0.692. The van der Waals surface area contributed by atoms with Crippen molar-refractivity contribution in [2.75, 3.05) is 18.6 Å². The second-order valence-corrected chi connectivity index (χ2v) is 8.07. The van der Waals surface area contributed by atoms with Gasteiger partial charge in [-0.25, -0.2) is 10.9 Å². The lowest BCUT2D eigenvalue weighted by Crippen LogP contribution is -2.39. The van der Waals surface area contributed by atoms with Gasteiger partial charge in [-0.3, -0.25) is 0 Å². The number of para-hydroxylation sites is 2. The van der Waals surface area contributed by atoms with Gasteiger partial charge in [0.25, 0.3) is 0 Å². The van der Waals surface area contributed by atoms with Crippen molar-refractivity contribution in [1.29, 1.82) is 0 Å². The number of hydrogen-bond donors (Lipinski definition) is 2. The Morgan fingerprint density at radius 1 is 0.897 bits per heavy atom. The molecule has 29 heavy (non-hydrogen) atoms. The highest BCUT2D eigenvalue weighted by atomic mass is 16.5. The highest BCUT2D eigenvalue weighted by Crippen LogP contribution is 2.45. The SMILES string of the molecule is COc1ccccc1CN1CC2C(c3ccc(C)cc3)NNC2c2ccccc21. The third kappa shape index (κ3) is 3.28. The Bertz CT molecular complexity index is 1000. The molecule has 2 heterocycles. The summed E-state index contributed by atoms with van der Waals surface area (Å²) in [4.78, 5) is 2.50. The molecule has 1 fully saturated rings. The van der Waals surface area contributed by atoms with Crippen LogP contribution in [0.2, 0.25) is 0 Å². The summed E-state index contributed by atoms with van der Waals surface area (Å²) in [7, 11) is 1.75. The van der Waals surface area contributed by atoms with Gasteiger partial charge >= 0.3 is 0 Å². The van der Waals surface area contributed by atoms with Crippen molar-refractivity contribution in [3.8, 4) is 5.75 Å². The molecular formula is C25H27N3O. The molecule has 0 aromatic heterocycles. The third-order valence-electron chi connectivity index (χ3n) is 6.28. The van der Waals surface area contributed by atoms with E-state index in [1.165, 1.54) is 27.9 Å². The predicted molar refractivity (Wildman–Crippen MR) is 117 cm³/mol. The average Bonchev–Trinajstić information content (AvgIpc) is 3.19. The molecule has 4 heteroatoms. The van der Waals surface area contributed by atoms with E-state index in [2.05, 4.69) is 83.3 Å². The van der Waals surface area contributed by atoms with Crippen molar-refractivity contribution >= 4 is 5.69 Å². The van der Waals surface area contributed by atoms with Crippen molar-refractivity contribution in [3.05, 3.63) is 95.1 Å². The highest BCUT2D eigenvalue weighted by molar-refractivity contribution is 5.59. The number of methoxy groups -OCH3 is 1. The Kier molecular flexibility index (Phi) is 4.74. The molecule has 0 radical (unpaired) electrons. The van der Waals surface area contributed by atoms with Crippen LogP contribution in [0.15, 0.2) is 72.8 Å². The lowest BCUT2D eigenvalue weighted by atomic mass is 9.82. The fourth-order valence-corrected chi connectivity index (χ4v) is 4.79. The molecule has 0 spiro atoms. The number of aryl methyl sites for hydroxylation is 1. The summed E-state index contributed by atoms with van der Waals surface area (Å²) in [6.45, 7) is 3.96. The minimum Gasteiger partial charge on any atom is -0.496 e. The van der Waals surface area contributed by atoms with Gasteiger partial charge in [0.1, 0.15) is 5.75 Å². The van der Waals surface area contributed by atoms with Gasteiger partial charge in [-0.2, -0.15) is 0 Å². The monoisotopic (exact) mass is 385 g/mol. The Morgan fingerprint density at radius 2 is 1.62 bits per heavy atom. The molecule has 148 valence electrons. The number of hydrogen-bond acceptors (Lipinski definition) is 4. The Balaban J connectivity index is 1.50. The molecular weight excluding hydrogens is 358 g/mol. The number of nitrogens with zero attached hydrogens (tertiary/aromatic N) is 1. The summed E-state index contributed by atoms with van der Waals surface area (Å²) in [5.41, 5.74) is 13.7. The number of nitrogens with one attached hydrogen (secondary N) is 2. The number of anilines is 1. The maximum absolute atomic E-state index is 5.61. The number of benzene rings is 3. The summed E-state index contributed by atoms with van der Waals surface area (Å²) in [6.07, 6.45) is 0. The van der Waals surface area contributed by atoms with E-state index in [9.17, 15) is 0 Å². The average molecular weight is 386 g/mol. The fraction of sp³-hybridized carbons (Fsp3) is 0.280. The molecule has 5 rings (SSSR count). The van der Waals surface area contributed by atoms with Crippen molar-refractivity contribution < 1.29 is 4.74 Å². The lowest BCUT2D eigenvalue weighted by molar-refractivity contribution is 0.393. The van der Waals surface area contributed by atoms with Gasteiger partial charge in [-0.1, -0.05) is 66.2 Å². The van der Waals surface area contributed by atoms with E-state index >= 15 is 0 Å². The summed E-state index contributed by atoms with van der Waals surface area (Å²) < 4.78 is 5.61. The molecule has 3 unspecified atom stereocenters. The van der Waals surface area contributed by atoms with Crippen LogP contribution < -0.4 is 20.5 Å². The first kappa shape index (κ1) is 18.2. The summed E-state index contributed by atoms with van der Waals surface area (Å²) in [5, 5.41) is 0. The van der Waals surface area contributed by atoms with Gasteiger partial charge in [0, 0.05) is 30.3 Å². The molecule has 0 bridgehead atoms. The number of hydrazine groups is 1. The van der Waals surface area contributed by atoms with E-state index in [-0.39, 0.29) is 6.04 Å². The minimum absolute atomic E-state index is 0.286. The first-order chi connectivity index (χ1) is 14.2. The van der Waals surface area contributed by atoms with E-state index in [0.29, 0.717) is 12.0 Å². The lowest BCUT2D eigenvalue weighted by Gasteiger charge is -2.39. The van der Waals surface area contributed by atoms with E-state index in [1.807, 2.05) is 12.1 Å². The molecule has 2 N–H and O–H groups in total. The zero-order valence-electron chi connectivity index (χ0n) is 16.9. The van der Waals surface area contributed by atoms with Crippen molar-refractivity contribution in [1.82, 2.24) is 10.9 Å². The van der Waals surface area contributed by atoms with Crippen LogP contribution in [0.3, 0.4) is 0 Å². The minimum atomic E-state index is 0.286. The molecule has 2 aliphatic heterocycles. The fourth-order valence-electron chi connectivity index (χ4n) is 4.79. The second kappa shape index (κ2) is 7.54. The summed E-state index contributed by atoms with van der Waals surface area (Å²) >= 11 is 0. The van der Waals surface area contributed by atoms with E-state index in [4.69, 9.17) is 4.74 Å². The van der Waals surface area contributed by atoms with Gasteiger partial charge in [-0.05, 0) is 30.2 Å². The second-order valence-electron chi connectivity index (χ2n) is 8.07. The van der Waals surface area contributed by atoms with Gasteiger partial charge < -0.3 is 9.64 Å². The molecule has 0 aliphatic carbocycles. The molecule has 4 nitrogen and oxygen atoms in total. The highest BCUT2D eigenvalue weighted by Gasteiger charge is 2.43. The van der Waals surface area contributed by atoms with Crippen molar-refractivity contribution in [2.45, 2.75) is 25.6 Å². The number of fused-ring (bicyclic) bond motifs is 3. The van der Waals surface area contributed by atoms with Gasteiger partial charge in [0.2, 0.25) is 0 Å². The van der Waals surface area contributed by atoms with Crippen LogP contribution in [-0.2, 0) is 6.54 Å². The molecule has 0 saturated carbocycles. The molecule has 2 aliphatic rings. The van der Waals surface area contributed by atoms with Crippen molar-refractivity contribution in [3.63, 3.8) is 0 Å².